The number of rotatable bonds is 2. The molecule has 0 aliphatic heterocycles. The van der Waals surface area contributed by atoms with Crippen molar-refractivity contribution in [2.24, 2.45) is 0 Å². The van der Waals surface area contributed by atoms with Gasteiger partial charge in [0.25, 0.3) is 0 Å². The molecular weight excluding hydrogens is 218 g/mol. The maximum Gasteiger partial charge on any atom is 0.222 e. The smallest absolute Gasteiger partial charge is 0.222 e. The molecule has 0 atom stereocenters. The summed E-state index contributed by atoms with van der Waals surface area (Å²) < 4.78 is 10.1. The van der Waals surface area contributed by atoms with E-state index < -0.39 is 0 Å². The molecule has 17 heavy (non-hydrogen) atoms. The van der Waals surface area contributed by atoms with Crippen molar-refractivity contribution in [3.8, 4) is 17.0 Å². The van der Waals surface area contributed by atoms with E-state index in [1.807, 2.05) is 24.4 Å². The number of aromatic amines is 1. The first-order chi connectivity index (χ1) is 8.28. The first-order valence-electron chi connectivity index (χ1n) is 5.15. The summed E-state index contributed by atoms with van der Waals surface area (Å²) in [4.78, 5) is 3.17. The summed E-state index contributed by atoms with van der Waals surface area (Å²) in [6.07, 6.45) is 1.88. The van der Waals surface area contributed by atoms with Crippen LogP contribution in [0.25, 0.3) is 22.2 Å². The molecule has 3 rings (SSSR count). The number of nitrogens with one attached hydrogen (secondary N) is 1. The van der Waals surface area contributed by atoms with E-state index in [-0.39, 0.29) is 0 Å². The first-order valence-corrected chi connectivity index (χ1v) is 5.15. The summed E-state index contributed by atoms with van der Waals surface area (Å²) in [5.74, 6) is 1.10. The van der Waals surface area contributed by atoms with E-state index in [1.54, 1.807) is 13.2 Å². The van der Waals surface area contributed by atoms with E-state index in [4.69, 9.17) is 15.0 Å². The molecule has 0 aliphatic rings. The predicted molar refractivity (Wildman–Crippen MR) is 64.8 cm³/mol. The zero-order chi connectivity index (χ0) is 11.8. The molecule has 0 saturated carbocycles. The van der Waals surface area contributed by atoms with Gasteiger partial charge in [-0.25, -0.2) is 0 Å². The molecule has 0 radical (unpaired) electrons. The fraction of sp³-hybridized carbons (Fsp3) is 0.0833. The van der Waals surface area contributed by atoms with E-state index in [0.29, 0.717) is 11.6 Å². The Kier molecular flexibility index (Phi) is 2.04. The molecule has 0 amide bonds. The van der Waals surface area contributed by atoms with Crippen molar-refractivity contribution < 1.29 is 9.26 Å². The lowest BCUT2D eigenvalue weighted by atomic mass is 10.1. The lowest BCUT2D eigenvalue weighted by molar-refractivity contribution is 0.415. The van der Waals surface area contributed by atoms with Crippen molar-refractivity contribution in [2.75, 3.05) is 12.8 Å². The summed E-state index contributed by atoms with van der Waals surface area (Å²) in [6, 6.07) is 7.51. The van der Waals surface area contributed by atoms with Gasteiger partial charge in [0.2, 0.25) is 5.88 Å². The van der Waals surface area contributed by atoms with E-state index in [0.717, 1.165) is 22.2 Å². The van der Waals surface area contributed by atoms with Crippen LogP contribution in [-0.2, 0) is 0 Å². The number of nitrogen functional groups attached to an aromatic ring is 1. The van der Waals surface area contributed by atoms with Gasteiger partial charge in [0.1, 0.15) is 11.4 Å². The molecule has 3 aromatic rings. The number of nitrogens with two attached hydrogens (primary N) is 1. The van der Waals surface area contributed by atoms with Gasteiger partial charge in [0.15, 0.2) is 0 Å². The Morgan fingerprint density at radius 1 is 1.35 bits per heavy atom. The Hall–Kier alpha value is -2.43. The van der Waals surface area contributed by atoms with Crippen molar-refractivity contribution in [1.29, 1.82) is 0 Å². The number of fused-ring (bicyclic) bond motifs is 1. The third-order valence-corrected chi connectivity index (χ3v) is 2.69. The molecule has 0 unspecified atom stereocenters. The van der Waals surface area contributed by atoms with Crippen LogP contribution in [0.5, 0.6) is 5.75 Å². The normalized spacial score (nSPS) is 10.9. The third kappa shape index (κ3) is 1.52. The molecule has 0 spiro atoms. The van der Waals surface area contributed by atoms with Gasteiger partial charge < -0.3 is 20.0 Å². The minimum absolute atomic E-state index is 0.303. The Bertz CT molecular complexity index is 669. The van der Waals surface area contributed by atoms with Gasteiger partial charge in [0, 0.05) is 28.7 Å². The minimum Gasteiger partial charge on any atom is -0.497 e. The van der Waals surface area contributed by atoms with Crippen LogP contribution in [0.1, 0.15) is 0 Å². The van der Waals surface area contributed by atoms with Crippen LogP contribution in [0.4, 0.5) is 5.88 Å². The SMILES string of the molecule is COc1ccc2[nH]cc(-c3cc(N)on3)c2c1. The van der Waals surface area contributed by atoms with Gasteiger partial charge in [-0.15, -0.1) is 0 Å². The number of hydrogen-bond donors (Lipinski definition) is 2. The molecule has 5 nitrogen and oxygen atoms in total. The zero-order valence-electron chi connectivity index (χ0n) is 9.23. The Morgan fingerprint density at radius 3 is 2.94 bits per heavy atom. The summed E-state index contributed by atoms with van der Waals surface area (Å²) in [7, 11) is 1.64. The standard InChI is InChI=1S/C12H11N3O2/c1-16-7-2-3-10-8(4-7)9(6-14-10)11-5-12(13)17-15-11/h2-6,14H,13H2,1H3. The maximum absolute atomic E-state index is 5.52. The summed E-state index contributed by atoms with van der Waals surface area (Å²) >= 11 is 0. The van der Waals surface area contributed by atoms with Crippen molar-refractivity contribution in [2.45, 2.75) is 0 Å². The predicted octanol–water partition coefficient (Wildman–Crippen LogP) is 2.41. The highest BCUT2D eigenvalue weighted by atomic mass is 16.5. The van der Waals surface area contributed by atoms with Gasteiger partial charge >= 0.3 is 0 Å². The second kappa shape index (κ2) is 3.55. The highest BCUT2D eigenvalue weighted by Crippen LogP contribution is 2.31. The molecule has 2 aromatic heterocycles. The Morgan fingerprint density at radius 2 is 2.24 bits per heavy atom. The van der Waals surface area contributed by atoms with Gasteiger partial charge in [-0.05, 0) is 18.2 Å². The van der Waals surface area contributed by atoms with Gasteiger partial charge in [-0.1, -0.05) is 5.16 Å². The lowest BCUT2D eigenvalue weighted by Crippen LogP contribution is -1.82. The minimum atomic E-state index is 0.303. The fourth-order valence-corrected chi connectivity index (χ4v) is 1.85. The van der Waals surface area contributed by atoms with Gasteiger partial charge in [-0.3, -0.25) is 0 Å². The third-order valence-electron chi connectivity index (χ3n) is 2.69. The number of methoxy groups -OCH3 is 1. The summed E-state index contributed by atoms with van der Waals surface area (Å²) in [5, 5.41) is 4.93. The number of nitrogens with zero attached hydrogens (tertiary/aromatic N) is 1. The average Bonchev–Trinajstić information content (AvgIpc) is 2.93. The number of aromatic nitrogens is 2. The topological polar surface area (TPSA) is 77.1 Å². The van der Waals surface area contributed by atoms with Crippen LogP contribution in [0, 0.1) is 0 Å². The molecule has 0 saturated heterocycles. The molecular formula is C12H11N3O2. The first kappa shape index (κ1) is 9.77. The summed E-state index contributed by atoms with van der Waals surface area (Å²) in [6.45, 7) is 0. The molecule has 1 aromatic carbocycles. The number of anilines is 1. The maximum atomic E-state index is 5.52. The molecule has 3 N–H and O–H groups in total. The van der Waals surface area contributed by atoms with Crippen LogP contribution in [-0.4, -0.2) is 17.3 Å². The fourth-order valence-electron chi connectivity index (χ4n) is 1.85. The molecule has 5 heteroatoms. The van der Waals surface area contributed by atoms with Crippen molar-refractivity contribution in [3.05, 3.63) is 30.5 Å². The number of hydrogen-bond acceptors (Lipinski definition) is 4. The second-order valence-electron chi connectivity index (χ2n) is 3.73. The quantitative estimate of drug-likeness (QED) is 0.707. The van der Waals surface area contributed by atoms with Gasteiger partial charge in [0.05, 0.1) is 7.11 Å². The van der Waals surface area contributed by atoms with Crippen LogP contribution < -0.4 is 10.5 Å². The largest absolute Gasteiger partial charge is 0.497 e. The van der Waals surface area contributed by atoms with Crippen molar-refractivity contribution in [1.82, 2.24) is 10.1 Å². The van der Waals surface area contributed by atoms with E-state index in [1.165, 1.54) is 0 Å². The number of H-pyrrole nitrogens is 1. The molecule has 0 aliphatic carbocycles. The van der Waals surface area contributed by atoms with Crippen LogP contribution >= 0.6 is 0 Å². The monoisotopic (exact) mass is 229 g/mol. The number of ether oxygens (including phenoxy) is 1. The van der Waals surface area contributed by atoms with Crippen LogP contribution in [0.15, 0.2) is 35.0 Å². The van der Waals surface area contributed by atoms with E-state index >= 15 is 0 Å². The highest BCUT2D eigenvalue weighted by Gasteiger charge is 2.10. The average molecular weight is 229 g/mol. The molecule has 0 bridgehead atoms. The van der Waals surface area contributed by atoms with Crippen molar-refractivity contribution >= 4 is 16.8 Å². The molecule has 86 valence electrons. The van der Waals surface area contributed by atoms with Crippen LogP contribution in [0.2, 0.25) is 0 Å². The number of benzene rings is 1. The lowest BCUT2D eigenvalue weighted by Gasteiger charge is -1.99. The van der Waals surface area contributed by atoms with E-state index in [9.17, 15) is 0 Å². The molecule has 0 fully saturated rings. The highest BCUT2D eigenvalue weighted by molar-refractivity contribution is 5.95. The van der Waals surface area contributed by atoms with E-state index in [2.05, 4.69) is 10.1 Å². The Labute approximate surface area is 97.2 Å². The summed E-state index contributed by atoms with van der Waals surface area (Å²) in [5.41, 5.74) is 8.19. The zero-order valence-corrected chi connectivity index (χ0v) is 9.23. The Balaban J connectivity index is 2.22. The van der Waals surface area contributed by atoms with Crippen molar-refractivity contribution in [3.63, 3.8) is 0 Å². The second-order valence-corrected chi connectivity index (χ2v) is 3.73. The van der Waals surface area contributed by atoms with Crippen LogP contribution in [0.3, 0.4) is 0 Å². The molecule has 2 heterocycles. The van der Waals surface area contributed by atoms with Gasteiger partial charge in [-0.2, -0.15) is 0 Å².